The molecule has 114 valence electrons. The van der Waals surface area contributed by atoms with Gasteiger partial charge < -0.3 is 0 Å². The molecule has 0 aromatic heterocycles. The van der Waals surface area contributed by atoms with Crippen LogP contribution in [0.25, 0.3) is 11.8 Å². The Morgan fingerprint density at radius 2 is 1.78 bits per heavy atom. The van der Waals surface area contributed by atoms with E-state index in [1.165, 1.54) is 12.1 Å². The van der Waals surface area contributed by atoms with Crippen LogP contribution in [0, 0.1) is 10.1 Å². The van der Waals surface area contributed by atoms with E-state index >= 15 is 0 Å². The number of hydrazine groups is 1. The van der Waals surface area contributed by atoms with Gasteiger partial charge in [-0.05, 0) is 24.3 Å². The van der Waals surface area contributed by atoms with E-state index in [4.69, 9.17) is 0 Å². The quantitative estimate of drug-likeness (QED) is 0.631. The number of non-ortho nitro benzene ring substituents is 1. The molecule has 6 nitrogen and oxygen atoms in total. The molecule has 0 radical (unpaired) electrons. The summed E-state index contributed by atoms with van der Waals surface area (Å²) in [5, 5.41) is 14.4. The van der Waals surface area contributed by atoms with Crippen LogP contribution in [0.1, 0.15) is 17.5 Å². The first kappa shape index (κ1) is 13.5. The van der Waals surface area contributed by atoms with Crippen LogP contribution in [-0.2, 0) is 4.79 Å². The maximum absolute atomic E-state index is 12.3. The maximum Gasteiger partial charge on any atom is 0.269 e. The van der Waals surface area contributed by atoms with E-state index in [-0.39, 0.29) is 11.6 Å². The Hall–Kier alpha value is -3.15. The molecule has 0 atom stereocenters. The number of amides is 1. The number of rotatable bonds is 2. The number of hydrogen-bond acceptors (Lipinski definition) is 4. The van der Waals surface area contributed by atoms with Crippen LogP contribution in [-0.4, -0.2) is 22.4 Å². The number of hydrogen-bond donors (Lipinski definition) is 0. The molecule has 1 amide bonds. The number of carbonyl (C=O) groups is 1. The molecule has 4 rings (SSSR count). The summed E-state index contributed by atoms with van der Waals surface area (Å²) in [5.41, 5.74) is 3.61. The van der Waals surface area contributed by atoms with Gasteiger partial charge in [0.05, 0.1) is 16.3 Å². The van der Waals surface area contributed by atoms with Crippen molar-refractivity contribution in [2.75, 3.05) is 11.6 Å². The SMILES string of the molecule is O=C1CCN2c3ccccc3C=C(c3ccc([N+](=O)[O-])cc3)N12. The first-order chi connectivity index (χ1) is 11.1. The molecule has 0 aliphatic carbocycles. The second-order valence-corrected chi connectivity index (χ2v) is 5.47. The summed E-state index contributed by atoms with van der Waals surface area (Å²) in [4.78, 5) is 22.7. The van der Waals surface area contributed by atoms with Crippen LogP contribution in [0.15, 0.2) is 48.5 Å². The first-order valence-corrected chi connectivity index (χ1v) is 7.31. The lowest BCUT2D eigenvalue weighted by Gasteiger charge is -2.36. The number of para-hydroxylation sites is 1. The van der Waals surface area contributed by atoms with Crippen LogP contribution < -0.4 is 5.01 Å². The molecule has 1 saturated heterocycles. The highest BCUT2D eigenvalue weighted by Crippen LogP contribution is 2.39. The lowest BCUT2D eigenvalue weighted by Crippen LogP contribution is -2.39. The van der Waals surface area contributed by atoms with Crippen LogP contribution >= 0.6 is 0 Å². The molecule has 0 saturated carbocycles. The van der Waals surface area contributed by atoms with E-state index in [2.05, 4.69) is 0 Å². The van der Waals surface area contributed by atoms with Gasteiger partial charge in [0.15, 0.2) is 0 Å². The predicted molar refractivity (Wildman–Crippen MR) is 86.2 cm³/mol. The van der Waals surface area contributed by atoms with E-state index in [0.717, 1.165) is 22.5 Å². The van der Waals surface area contributed by atoms with Gasteiger partial charge in [-0.1, -0.05) is 18.2 Å². The van der Waals surface area contributed by atoms with Crippen LogP contribution in [0.4, 0.5) is 11.4 Å². The van der Waals surface area contributed by atoms with Crippen LogP contribution in [0.3, 0.4) is 0 Å². The van der Waals surface area contributed by atoms with Crippen molar-refractivity contribution in [3.8, 4) is 0 Å². The third-order valence-electron chi connectivity index (χ3n) is 4.12. The Kier molecular flexibility index (Phi) is 2.90. The fourth-order valence-electron chi connectivity index (χ4n) is 3.05. The summed E-state index contributed by atoms with van der Waals surface area (Å²) >= 11 is 0. The zero-order chi connectivity index (χ0) is 16.0. The Bertz CT molecular complexity index is 842. The topological polar surface area (TPSA) is 66.7 Å². The standard InChI is InChI=1S/C17H13N3O3/c21-17-9-10-18-15-4-2-1-3-13(15)11-16(19(17)18)12-5-7-14(8-6-12)20(22)23/h1-8,11H,9-10H2. The van der Waals surface area contributed by atoms with Crippen LogP contribution in [0.5, 0.6) is 0 Å². The number of nitrogens with zero attached hydrogens (tertiary/aromatic N) is 3. The lowest BCUT2D eigenvalue weighted by atomic mass is 10.0. The van der Waals surface area contributed by atoms with Gasteiger partial charge >= 0.3 is 0 Å². The van der Waals surface area contributed by atoms with Gasteiger partial charge in [0.2, 0.25) is 5.91 Å². The summed E-state index contributed by atoms with van der Waals surface area (Å²) in [6.07, 6.45) is 2.41. The van der Waals surface area contributed by atoms with Gasteiger partial charge in [0.25, 0.3) is 5.69 Å². The maximum atomic E-state index is 12.3. The van der Waals surface area contributed by atoms with Gasteiger partial charge in [-0.25, -0.2) is 5.01 Å². The third kappa shape index (κ3) is 2.07. The Morgan fingerprint density at radius 1 is 1.04 bits per heavy atom. The van der Waals surface area contributed by atoms with Crippen molar-refractivity contribution in [3.63, 3.8) is 0 Å². The van der Waals surface area contributed by atoms with E-state index in [1.807, 2.05) is 35.4 Å². The van der Waals surface area contributed by atoms with E-state index < -0.39 is 4.92 Å². The minimum absolute atomic E-state index is 0.0316. The average molecular weight is 307 g/mol. The molecule has 1 fully saturated rings. The fourth-order valence-corrected chi connectivity index (χ4v) is 3.05. The van der Waals surface area contributed by atoms with Gasteiger partial charge in [-0.2, -0.15) is 0 Å². The summed E-state index contributed by atoms with van der Waals surface area (Å²) in [5.74, 6) is 0.0316. The second-order valence-electron chi connectivity index (χ2n) is 5.47. The molecule has 0 bridgehead atoms. The van der Waals surface area contributed by atoms with E-state index in [9.17, 15) is 14.9 Å². The van der Waals surface area contributed by atoms with Crippen molar-refractivity contribution in [1.29, 1.82) is 0 Å². The lowest BCUT2D eigenvalue weighted by molar-refractivity contribution is -0.384. The Balaban J connectivity index is 1.84. The number of carbonyl (C=O) groups excluding carboxylic acids is 1. The molecule has 2 aromatic carbocycles. The van der Waals surface area contributed by atoms with Crippen LogP contribution in [0.2, 0.25) is 0 Å². The number of nitro benzene ring substituents is 1. The van der Waals surface area contributed by atoms with E-state index in [0.29, 0.717) is 13.0 Å². The minimum Gasteiger partial charge on any atom is -0.277 e. The van der Waals surface area contributed by atoms with Crippen molar-refractivity contribution < 1.29 is 9.72 Å². The summed E-state index contributed by atoms with van der Waals surface area (Å²) in [6.45, 7) is 0.639. The molecule has 6 heteroatoms. The molecule has 2 heterocycles. The van der Waals surface area contributed by atoms with Crippen molar-refractivity contribution >= 4 is 29.1 Å². The Morgan fingerprint density at radius 3 is 2.52 bits per heavy atom. The van der Waals surface area contributed by atoms with Gasteiger partial charge in [-0.15, -0.1) is 0 Å². The van der Waals surface area contributed by atoms with Crippen molar-refractivity contribution in [2.24, 2.45) is 0 Å². The number of nitro groups is 1. The molecule has 0 unspecified atom stereocenters. The van der Waals surface area contributed by atoms with Crippen molar-refractivity contribution in [3.05, 3.63) is 69.8 Å². The zero-order valence-corrected chi connectivity index (χ0v) is 12.2. The van der Waals surface area contributed by atoms with Crippen molar-refractivity contribution in [2.45, 2.75) is 6.42 Å². The molecule has 2 aliphatic heterocycles. The average Bonchev–Trinajstić information content (AvgIpc) is 2.97. The smallest absolute Gasteiger partial charge is 0.269 e. The first-order valence-electron chi connectivity index (χ1n) is 7.31. The third-order valence-corrected chi connectivity index (χ3v) is 4.12. The normalized spacial score (nSPS) is 16.0. The van der Waals surface area contributed by atoms with Crippen molar-refractivity contribution in [1.82, 2.24) is 5.01 Å². The number of anilines is 1. The minimum atomic E-state index is -0.429. The molecule has 0 spiro atoms. The molecule has 0 N–H and O–H groups in total. The highest BCUT2D eigenvalue weighted by atomic mass is 16.6. The molecule has 23 heavy (non-hydrogen) atoms. The Labute approximate surface area is 132 Å². The zero-order valence-electron chi connectivity index (χ0n) is 12.2. The molecule has 2 aromatic rings. The van der Waals surface area contributed by atoms with E-state index in [1.54, 1.807) is 17.1 Å². The molecular formula is C17H13N3O3. The molecular weight excluding hydrogens is 294 g/mol. The van der Waals surface area contributed by atoms with Gasteiger partial charge in [0, 0.05) is 36.2 Å². The van der Waals surface area contributed by atoms with Gasteiger partial charge in [-0.3, -0.25) is 19.9 Å². The predicted octanol–water partition coefficient (Wildman–Crippen LogP) is 3.06. The number of benzene rings is 2. The van der Waals surface area contributed by atoms with Gasteiger partial charge in [0.1, 0.15) is 0 Å². The summed E-state index contributed by atoms with van der Waals surface area (Å²) in [7, 11) is 0. The highest BCUT2D eigenvalue weighted by Gasteiger charge is 2.36. The summed E-state index contributed by atoms with van der Waals surface area (Å²) < 4.78 is 0. The number of fused-ring (bicyclic) bond motifs is 3. The summed E-state index contributed by atoms with van der Waals surface area (Å²) in [6, 6.07) is 14.2. The second kappa shape index (κ2) is 4.95. The fraction of sp³-hybridized carbons (Fsp3) is 0.118. The monoisotopic (exact) mass is 307 g/mol. The highest BCUT2D eigenvalue weighted by molar-refractivity contribution is 6.00. The largest absolute Gasteiger partial charge is 0.277 e. The molecule has 2 aliphatic rings.